The minimum absolute atomic E-state index is 0.0333. The Hall–Kier alpha value is -6.24. The molecule has 0 amide bonds. The van der Waals surface area contributed by atoms with Gasteiger partial charge in [-0.1, -0.05) is 127 Å². The highest BCUT2D eigenvalue weighted by Crippen LogP contribution is 2.36. The summed E-state index contributed by atoms with van der Waals surface area (Å²) in [5, 5.41) is 5.10. The van der Waals surface area contributed by atoms with Crippen LogP contribution in [0.15, 0.2) is 200 Å². The van der Waals surface area contributed by atoms with E-state index in [0.29, 0.717) is 0 Å². The molecule has 54 heavy (non-hydrogen) atoms. The maximum Gasteiger partial charge on any atom is 0.386 e. The van der Waals surface area contributed by atoms with Gasteiger partial charge < -0.3 is 18.6 Å². The molecular weight excluding hydrogens is 673 g/mol. The fourth-order valence-corrected chi connectivity index (χ4v) is 10.2. The van der Waals surface area contributed by atoms with E-state index in [2.05, 4.69) is 219 Å². The number of aromatic nitrogens is 2. The average molecular weight is 706 g/mol. The van der Waals surface area contributed by atoms with Crippen LogP contribution in [0, 0.1) is 0 Å². The molecule has 9 aromatic rings. The smallest absolute Gasteiger partial charge is 0.386 e. The topological polar surface area (TPSA) is 16.3 Å². The third-order valence-corrected chi connectivity index (χ3v) is 12.5. The standard InChI is InChI=1S/C46H33B3N4S/c1-2-14-38(15-3-1)53-48(34-24-28-36(29-25-34)51-43-20-8-4-16-39(43)40-17-5-9-21-44(40)51)50-33-13-12-32-47(50)54-49(53)35-26-30-37(31-27-35)52-45-22-10-6-18-41(45)42-19-7-11-23-46(42)52/h1-33H. The van der Waals surface area contributed by atoms with Gasteiger partial charge in [-0.25, -0.2) is 0 Å². The predicted octanol–water partition coefficient (Wildman–Crippen LogP) is 9.64. The van der Waals surface area contributed by atoms with E-state index in [4.69, 9.17) is 0 Å². The van der Waals surface area contributed by atoms with Crippen LogP contribution in [0.4, 0.5) is 5.69 Å². The number of rotatable bonds is 5. The Morgan fingerprint density at radius 2 is 0.833 bits per heavy atom. The Labute approximate surface area is 319 Å². The largest absolute Gasteiger partial charge is 0.433 e. The van der Waals surface area contributed by atoms with Crippen molar-refractivity contribution in [3.05, 3.63) is 200 Å². The third kappa shape index (κ3) is 4.90. The highest BCUT2D eigenvalue weighted by atomic mass is 32.2. The summed E-state index contributed by atoms with van der Waals surface area (Å²) in [7, 11) is 0. The van der Waals surface area contributed by atoms with Gasteiger partial charge in [0.25, 0.3) is 0 Å². The van der Waals surface area contributed by atoms with Crippen LogP contribution < -0.4 is 15.6 Å². The minimum atomic E-state index is -0.0333. The first-order valence-electron chi connectivity index (χ1n) is 18.6. The molecule has 4 heterocycles. The number of nitrogens with zero attached hydrogens (tertiary/aromatic N) is 4. The summed E-state index contributed by atoms with van der Waals surface area (Å²) in [6.07, 6.45) is 6.87. The van der Waals surface area contributed by atoms with Crippen molar-refractivity contribution in [3.8, 4) is 11.4 Å². The second-order valence-corrected chi connectivity index (χ2v) is 15.3. The fourth-order valence-electron chi connectivity index (χ4n) is 8.73. The molecule has 0 spiro atoms. The van der Waals surface area contributed by atoms with Crippen LogP contribution in [-0.2, 0) is 0 Å². The van der Waals surface area contributed by atoms with E-state index in [0.717, 1.165) is 5.69 Å². The van der Waals surface area contributed by atoms with Crippen molar-refractivity contribution < 1.29 is 0 Å². The van der Waals surface area contributed by atoms with Gasteiger partial charge in [-0.3, -0.25) is 0 Å². The molecule has 1 saturated heterocycles. The molecule has 0 unspecified atom stereocenters. The fraction of sp³-hybridized carbons (Fsp3) is 0. The van der Waals surface area contributed by atoms with E-state index in [1.54, 1.807) is 0 Å². The van der Waals surface area contributed by atoms with E-state index in [1.807, 2.05) is 11.5 Å². The molecule has 7 aromatic carbocycles. The van der Waals surface area contributed by atoms with Gasteiger partial charge in [-0.15, -0.1) is 0 Å². The zero-order chi connectivity index (χ0) is 35.6. The lowest BCUT2D eigenvalue weighted by Crippen LogP contribution is -2.72. The molecular formula is C46H33B3N4S. The van der Waals surface area contributed by atoms with Gasteiger partial charge in [-0.05, 0) is 83.9 Å². The van der Waals surface area contributed by atoms with Crippen LogP contribution in [-0.4, -0.2) is 33.1 Å². The molecule has 2 aliphatic heterocycles. The lowest BCUT2D eigenvalue weighted by molar-refractivity contribution is 0.903. The zero-order valence-corrected chi connectivity index (χ0v) is 30.3. The first-order valence-corrected chi connectivity index (χ1v) is 19.5. The first kappa shape index (κ1) is 31.3. The van der Waals surface area contributed by atoms with Crippen LogP contribution in [0.2, 0.25) is 0 Å². The molecule has 11 rings (SSSR count). The minimum Gasteiger partial charge on any atom is -0.433 e. The van der Waals surface area contributed by atoms with Gasteiger partial charge in [-0.2, -0.15) is 11.5 Å². The number of para-hydroxylation sites is 5. The Kier molecular flexibility index (Phi) is 7.37. The molecule has 2 aliphatic rings. The van der Waals surface area contributed by atoms with E-state index in [1.165, 1.54) is 65.9 Å². The summed E-state index contributed by atoms with van der Waals surface area (Å²) in [5.41, 5.74) is 11.0. The molecule has 2 aromatic heterocycles. The molecule has 4 nitrogen and oxygen atoms in total. The maximum atomic E-state index is 2.61. The molecule has 0 bridgehead atoms. The van der Waals surface area contributed by atoms with Gasteiger partial charge in [0.1, 0.15) is 0 Å². The van der Waals surface area contributed by atoms with E-state index < -0.39 is 0 Å². The molecule has 0 atom stereocenters. The van der Waals surface area contributed by atoms with Crippen molar-refractivity contribution in [1.29, 1.82) is 0 Å². The second kappa shape index (κ2) is 12.7. The van der Waals surface area contributed by atoms with Gasteiger partial charge in [0, 0.05) is 38.6 Å². The second-order valence-electron chi connectivity index (χ2n) is 14.1. The summed E-state index contributed by atoms with van der Waals surface area (Å²) >= 11 is 1.99. The number of allylic oxidation sites excluding steroid dienone is 2. The third-order valence-electron chi connectivity index (χ3n) is 11.1. The van der Waals surface area contributed by atoms with Gasteiger partial charge in [0.2, 0.25) is 0 Å². The summed E-state index contributed by atoms with van der Waals surface area (Å²) < 4.78 is 9.91. The van der Waals surface area contributed by atoms with E-state index in [-0.39, 0.29) is 19.2 Å². The summed E-state index contributed by atoms with van der Waals surface area (Å²) in [5.74, 6) is 2.34. The van der Waals surface area contributed by atoms with E-state index in [9.17, 15) is 0 Å². The Morgan fingerprint density at radius 1 is 0.389 bits per heavy atom. The molecule has 0 aliphatic carbocycles. The van der Waals surface area contributed by atoms with Gasteiger partial charge in [0.05, 0.1) is 22.1 Å². The van der Waals surface area contributed by atoms with Crippen molar-refractivity contribution in [2.75, 3.05) is 4.72 Å². The highest BCUT2D eigenvalue weighted by Gasteiger charge is 2.49. The van der Waals surface area contributed by atoms with Crippen molar-refractivity contribution in [2.45, 2.75) is 0 Å². The monoisotopic (exact) mass is 706 g/mol. The number of anilines is 1. The van der Waals surface area contributed by atoms with Crippen LogP contribution in [0.25, 0.3) is 55.0 Å². The lowest BCUT2D eigenvalue weighted by Gasteiger charge is -2.49. The predicted molar refractivity (Wildman–Crippen MR) is 235 cm³/mol. The molecule has 0 saturated carbocycles. The first-order chi connectivity index (χ1) is 26.8. The summed E-state index contributed by atoms with van der Waals surface area (Å²) in [4.78, 5) is 0. The number of hydrogen-bond donors (Lipinski definition) is 0. The molecule has 252 valence electrons. The van der Waals surface area contributed by atoms with Crippen molar-refractivity contribution in [1.82, 2.24) is 13.9 Å². The lowest BCUT2D eigenvalue weighted by atomic mass is 9.51. The number of fused-ring (bicyclic) bond motifs is 7. The maximum absolute atomic E-state index is 2.61. The van der Waals surface area contributed by atoms with Gasteiger partial charge >= 0.3 is 19.2 Å². The molecule has 0 radical (unpaired) electrons. The number of benzene rings is 7. The summed E-state index contributed by atoms with van der Waals surface area (Å²) in [6.45, 7) is -0.0333. The van der Waals surface area contributed by atoms with Gasteiger partial charge in [0.15, 0.2) is 0 Å². The van der Waals surface area contributed by atoms with Crippen LogP contribution in [0.1, 0.15) is 0 Å². The Morgan fingerprint density at radius 3 is 1.33 bits per heavy atom. The van der Waals surface area contributed by atoms with Crippen molar-refractivity contribution >= 4 is 90.9 Å². The Balaban J connectivity index is 1.03. The summed E-state index contributed by atoms with van der Waals surface area (Å²) in [6, 6.07) is 64.4. The zero-order valence-electron chi connectivity index (χ0n) is 29.5. The molecule has 8 heteroatoms. The van der Waals surface area contributed by atoms with Crippen LogP contribution in [0.5, 0.6) is 0 Å². The van der Waals surface area contributed by atoms with Crippen LogP contribution >= 0.6 is 11.5 Å². The quantitative estimate of drug-likeness (QED) is 0.166. The SMILES string of the molecule is C1=CB2SB(c3ccc(-n4c5ccccc5c5ccccc54)cc3)N(c3ccccc3)B(c3ccc(-n4c5ccccc5c5ccccc54)cc3)N2C=C1. The Bertz CT molecular complexity index is 2790. The average Bonchev–Trinajstić information content (AvgIpc) is 3.77. The highest BCUT2D eigenvalue weighted by molar-refractivity contribution is 8.47. The molecule has 0 N–H and O–H groups in total. The van der Waals surface area contributed by atoms with E-state index >= 15 is 0 Å². The molecule has 1 fully saturated rings. The van der Waals surface area contributed by atoms with Crippen LogP contribution in [0.3, 0.4) is 0 Å². The number of hydrogen-bond acceptors (Lipinski definition) is 3. The van der Waals surface area contributed by atoms with Crippen molar-refractivity contribution in [3.63, 3.8) is 0 Å². The van der Waals surface area contributed by atoms with Crippen molar-refractivity contribution in [2.24, 2.45) is 0 Å². The normalized spacial score (nSPS) is 14.3.